The first-order chi connectivity index (χ1) is 12.1. The molecule has 1 aromatic carbocycles. The molecule has 6 nitrogen and oxygen atoms in total. The highest BCUT2D eigenvalue weighted by atomic mass is 32.2. The van der Waals surface area contributed by atoms with Gasteiger partial charge in [0.05, 0.1) is 11.5 Å². The van der Waals surface area contributed by atoms with Crippen LogP contribution in [0.5, 0.6) is 0 Å². The number of rotatable bonds is 15. The highest BCUT2D eigenvalue weighted by molar-refractivity contribution is 7.86. The largest absolute Gasteiger partial charge is 0.396 e. The number of unbranched alkanes of at least 4 members (excludes halogenated alkanes) is 2. The van der Waals surface area contributed by atoms with Crippen molar-refractivity contribution in [1.29, 1.82) is 0 Å². The van der Waals surface area contributed by atoms with Crippen molar-refractivity contribution >= 4 is 10.1 Å². The molecule has 0 aromatic heterocycles. The van der Waals surface area contributed by atoms with Gasteiger partial charge < -0.3 is 14.6 Å². The van der Waals surface area contributed by atoms with Crippen LogP contribution in [0.15, 0.2) is 29.2 Å². The Labute approximate surface area is 151 Å². The smallest absolute Gasteiger partial charge is 0.296 e. The Morgan fingerprint density at radius 2 is 1.32 bits per heavy atom. The SMILES string of the molecule is Cc1ccc(S(=O)(=O)OCCCCOCCCOCCCCO)cc1. The number of hydrogen-bond acceptors (Lipinski definition) is 6. The third kappa shape index (κ3) is 10.6. The van der Waals surface area contributed by atoms with Gasteiger partial charge in [-0.25, -0.2) is 0 Å². The van der Waals surface area contributed by atoms with Crippen LogP contribution in [0.4, 0.5) is 0 Å². The molecule has 7 heteroatoms. The van der Waals surface area contributed by atoms with Gasteiger partial charge in [-0.05, 0) is 51.2 Å². The maximum atomic E-state index is 12.0. The predicted octanol–water partition coefficient (Wildman–Crippen LogP) is 2.68. The van der Waals surface area contributed by atoms with Gasteiger partial charge in [0.2, 0.25) is 0 Å². The second-order valence-electron chi connectivity index (χ2n) is 5.81. The molecular weight excluding hydrogens is 344 g/mol. The molecule has 0 bridgehead atoms. The van der Waals surface area contributed by atoms with Crippen LogP contribution in [0.25, 0.3) is 0 Å². The molecule has 0 amide bonds. The summed E-state index contributed by atoms with van der Waals surface area (Å²) in [5.74, 6) is 0. The lowest BCUT2D eigenvalue weighted by atomic mass is 10.2. The summed E-state index contributed by atoms with van der Waals surface area (Å²) in [6, 6.07) is 6.61. The van der Waals surface area contributed by atoms with Crippen LogP contribution in [0.1, 0.15) is 37.7 Å². The summed E-state index contributed by atoms with van der Waals surface area (Å²) in [5.41, 5.74) is 1.01. The molecule has 0 fully saturated rings. The summed E-state index contributed by atoms with van der Waals surface area (Å²) >= 11 is 0. The van der Waals surface area contributed by atoms with Crippen LogP contribution in [0.3, 0.4) is 0 Å². The molecule has 0 saturated heterocycles. The van der Waals surface area contributed by atoms with E-state index in [9.17, 15) is 8.42 Å². The summed E-state index contributed by atoms with van der Waals surface area (Å²) in [6.45, 7) is 4.81. The summed E-state index contributed by atoms with van der Waals surface area (Å²) in [5, 5.41) is 8.62. The standard InChI is InChI=1S/C18H30O6S/c1-17-7-9-18(10-8-17)25(20,21)24-16-5-4-13-23-15-6-14-22-12-3-2-11-19/h7-10,19H,2-6,11-16H2,1H3. The molecular formula is C18H30O6S. The van der Waals surface area contributed by atoms with Crippen molar-refractivity contribution in [3.05, 3.63) is 29.8 Å². The van der Waals surface area contributed by atoms with Crippen molar-refractivity contribution in [1.82, 2.24) is 0 Å². The maximum absolute atomic E-state index is 12.0. The highest BCUT2D eigenvalue weighted by Crippen LogP contribution is 2.13. The van der Waals surface area contributed by atoms with E-state index >= 15 is 0 Å². The quantitative estimate of drug-likeness (QED) is 0.375. The molecule has 0 aliphatic heterocycles. The van der Waals surface area contributed by atoms with Crippen LogP contribution in [-0.4, -0.2) is 53.2 Å². The Hall–Kier alpha value is -0.990. The Morgan fingerprint density at radius 3 is 1.92 bits per heavy atom. The molecule has 0 unspecified atom stereocenters. The molecule has 1 N–H and O–H groups in total. The molecule has 0 heterocycles. The third-order valence-corrected chi connectivity index (χ3v) is 4.83. The second kappa shape index (κ2) is 13.2. The third-order valence-electron chi connectivity index (χ3n) is 3.51. The Kier molecular flexibility index (Phi) is 11.7. The van der Waals surface area contributed by atoms with Crippen LogP contribution in [0, 0.1) is 6.92 Å². The lowest BCUT2D eigenvalue weighted by Crippen LogP contribution is -2.08. The van der Waals surface area contributed by atoms with Gasteiger partial charge in [0, 0.05) is 33.0 Å². The van der Waals surface area contributed by atoms with Gasteiger partial charge in [-0.2, -0.15) is 8.42 Å². The number of hydrogen-bond donors (Lipinski definition) is 1. The van der Waals surface area contributed by atoms with Crippen molar-refractivity contribution in [2.75, 3.05) is 39.6 Å². The van der Waals surface area contributed by atoms with E-state index in [2.05, 4.69) is 0 Å². The average Bonchev–Trinajstić information content (AvgIpc) is 2.59. The minimum Gasteiger partial charge on any atom is -0.396 e. The second-order valence-corrected chi connectivity index (χ2v) is 7.42. The molecule has 0 atom stereocenters. The van der Waals surface area contributed by atoms with Crippen molar-refractivity contribution in [3.8, 4) is 0 Å². The molecule has 25 heavy (non-hydrogen) atoms. The lowest BCUT2D eigenvalue weighted by Gasteiger charge is -2.07. The highest BCUT2D eigenvalue weighted by Gasteiger charge is 2.14. The fourth-order valence-corrected chi connectivity index (χ4v) is 2.97. The van der Waals surface area contributed by atoms with Gasteiger partial charge in [-0.1, -0.05) is 17.7 Å². The summed E-state index contributed by atoms with van der Waals surface area (Å²) in [6.07, 6.45) is 3.86. The Balaban J connectivity index is 1.97. The van der Waals surface area contributed by atoms with Crippen molar-refractivity contribution < 1.29 is 27.2 Å². The van der Waals surface area contributed by atoms with Crippen LogP contribution in [0.2, 0.25) is 0 Å². The van der Waals surface area contributed by atoms with E-state index in [-0.39, 0.29) is 18.1 Å². The van der Waals surface area contributed by atoms with E-state index in [0.717, 1.165) is 31.2 Å². The van der Waals surface area contributed by atoms with Crippen molar-refractivity contribution in [2.24, 2.45) is 0 Å². The predicted molar refractivity (Wildman–Crippen MR) is 96.1 cm³/mol. The Bertz CT molecular complexity index is 541. The maximum Gasteiger partial charge on any atom is 0.296 e. The molecule has 1 rings (SSSR count). The minimum atomic E-state index is -3.66. The van der Waals surface area contributed by atoms with Gasteiger partial charge in [-0.3, -0.25) is 4.18 Å². The fourth-order valence-electron chi connectivity index (χ4n) is 2.03. The van der Waals surface area contributed by atoms with E-state index in [1.54, 1.807) is 24.3 Å². The number of benzene rings is 1. The van der Waals surface area contributed by atoms with Crippen LogP contribution >= 0.6 is 0 Å². The van der Waals surface area contributed by atoms with E-state index in [1.165, 1.54) is 0 Å². The summed E-state index contributed by atoms with van der Waals surface area (Å²) < 4.78 is 39.8. The van der Waals surface area contributed by atoms with Crippen LogP contribution in [-0.2, 0) is 23.8 Å². The lowest BCUT2D eigenvalue weighted by molar-refractivity contribution is 0.0772. The first-order valence-corrected chi connectivity index (χ1v) is 10.2. The van der Waals surface area contributed by atoms with Gasteiger partial charge in [0.1, 0.15) is 0 Å². The van der Waals surface area contributed by atoms with Gasteiger partial charge in [0.25, 0.3) is 10.1 Å². The normalized spacial score (nSPS) is 11.8. The topological polar surface area (TPSA) is 82.1 Å². The first kappa shape index (κ1) is 22.1. The molecule has 0 aliphatic rings. The molecule has 1 aromatic rings. The number of aliphatic hydroxyl groups excluding tert-OH is 1. The zero-order chi connectivity index (χ0) is 18.4. The zero-order valence-corrected chi connectivity index (χ0v) is 15.8. The van der Waals surface area contributed by atoms with E-state index < -0.39 is 10.1 Å². The number of aliphatic hydroxyl groups is 1. The van der Waals surface area contributed by atoms with Crippen LogP contribution < -0.4 is 0 Å². The van der Waals surface area contributed by atoms with Crippen molar-refractivity contribution in [3.63, 3.8) is 0 Å². The monoisotopic (exact) mass is 374 g/mol. The Morgan fingerprint density at radius 1 is 0.800 bits per heavy atom. The van der Waals surface area contributed by atoms with E-state index in [0.29, 0.717) is 32.8 Å². The zero-order valence-electron chi connectivity index (χ0n) is 15.0. The molecule has 0 aliphatic carbocycles. The first-order valence-electron chi connectivity index (χ1n) is 8.79. The molecule has 0 spiro atoms. The molecule has 0 saturated carbocycles. The number of aryl methyl sites for hydroxylation is 1. The van der Waals surface area contributed by atoms with Crippen molar-refractivity contribution in [2.45, 2.75) is 43.9 Å². The minimum absolute atomic E-state index is 0.160. The average molecular weight is 374 g/mol. The van der Waals surface area contributed by atoms with E-state index in [4.69, 9.17) is 18.8 Å². The fraction of sp³-hybridized carbons (Fsp3) is 0.667. The van der Waals surface area contributed by atoms with Gasteiger partial charge in [0.15, 0.2) is 0 Å². The van der Waals surface area contributed by atoms with E-state index in [1.807, 2.05) is 6.92 Å². The summed E-state index contributed by atoms with van der Waals surface area (Å²) in [7, 11) is -3.66. The molecule has 144 valence electrons. The van der Waals surface area contributed by atoms with Gasteiger partial charge in [-0.15, -0.1) is 0 Å². The summed E-state index contributed by atoms with van der Waals surface area (Å²) in [4.78, 5) is 0.188. The number of ether oxygens (including phenoxy) is 2. The molecule has 0 radical (unpaired) electrons. The van der Waals surface area contributed by atoms with Gasteiger partial charge >= 0.3 is 0 Å².